The molecule has 0 radical (unpaired) electrons. The number of likely N-dealkylation sites (N-methyl/N-ethyl adjacent to an activating group) is 1. The molecule has 2 aromatic rings. The average molecular weight is 469 g/mol. The monoisotopic (exact) mass is 468 g/mol. The second kappa shape index (κ2) is 9.76. The number of pyridine rings is 1. The average Bonchev–Trinajstić information content (AvgIpc) is 2.89. The Kier molecular flexibility index (Phi) is 7.67. The Morgan fingerprint density at radius 3 is 2.39 bits per heavy atom. The molecule has 2 aromatic heterocycles. The molecule has 0 aromatic carbocycles. The number of aromatic nitrogens is 1. The summed E-state index contributed by atoms with van der Waals surface area (Å²) >= 11 is 4.59. The first-order valence-corrected chi connectivity index (χ1v) is 9.90. The number of ether oxygens (including phenoxy) is 1. The van der Waals surface area contributed by atoms with E-state index in [1.807, 2.05) is 6.92 Å². The molecule has 2 N–H and O–H groups in total. The second-order valence-corrected chi connectivity index (χ2v) is 8.25. The third kappa shape index (κ3) is 5.85. The first kappa shape index (κ1) is 22.0. The van der Waals surface area contributed by atoms with Crippen LogP contribution in [0.15, 0.2) is 22.8 Å². The van der Waals surface area contributed by atoms with Crippen molar-refractivity contribution in [2.45, 2.75) is 13.8 Å². The van der Waals surface area contributed by atoms with E-state index < -0.39 is 5.97 Å². The molecule has 0 bridgehead atoms. The number of hydrogen-bond donors (Lipinski definition) is 2. The van der Waals surface area contributed by atoms with E-state index in [1.54, 1.807) is 37.2 Å². The van der Waals surface area contributed by atoms with Crippen molar-refractivity contribution in [1.29, 1.82) is 0 Å². The van der Waals surface area contributed by atoms with E-state index >= 15 is 0 Å². The predicted octanol–water partition coefficient (Wildman–Crippen LogP) is 2.82. The number of methoxy groups -OCH3 is 1. The number of carbonyl (C=O) groups is 3. The van der Waals surface area contributed by atoms with Gasteiger partial charge in [0.2, 0.25) is 11.8 Å². The van der Waals surface area contributed by atoms with Gasteiger partial charge in [-0.2, -0.15) is 0 Å². The molecule has 0 aliphatic heterocycles. The van der Waals surface area contributed by atoms with Crippen molar-refractivity contribution in [2.75, 3.05) is 37.9 Å². The number of hydrogen-bond acceptors (Lipinski definition) is 7. The molecular formula is C18H21BrN4O4S. The summed E-state index contributed by atoms with van der Waals surface area (Å²) in [6.07, 6.45) is 1.58. The molecule has 0 saturated carbocycles. The van der Waals surface area contributed by atoms with E-state index in [4.69, 9.17) is 4.74 Å². The number of nitrogens with one attached hydrogen (secondary N) is 2. The first-order chi connectivity index (χ1) is 13.2. The maximum atomic E-state index is 12.3. The van der Waals surface area contributed by atoms with Crippen LogP contribution in [0.1, 0.15) is 20.8 Å². The van der Waals surface area contributed by atoms with Crippen LogP contribution in [0.3, 0.4) is 0 Å². The highest BCUT2D eigenvalue weighted by Crippen LogP contribution is 2.32. The lowest BCUT2D eigenvalue weighted by molar-refractivity contribution is -0.119. The highest BCUT2D eigenvalue weighted by molar-refractivity contribution is 9.10. The van der Waals surface area contributed by atoms with Crippen LogP contribution in [-0.4, -0.2) is 54.9 Å². The Morgan fingerprint density at radius 2 is 1.82 bits per heavy atom. The van der Waals surface area contributed by atoms with Gasteiger partial charge in [0.1, 0.15) is 10.8 Å². The third-order valence-corrected chi connectivity index (χ3v) is 5.44. The van der Waals surface area contributed by atoms with Gasteiger partial charge in [-0.3, -0.25) is 14.5 Å². The molecule has 0 aliphatic rings. The third-order valence-electron chi connectivity index (χ3n) is 3.85. The van der Waals surface area contributed by atoms with Crippen LogP contribution in [0.5, 0.6) is 0 Å². The number of aryl methyl sites for hydroxylation is 1. The van der Waals surface area contributed by atoms with Crippen LogP contribution in [0.4, 0.5) is 10.8 Å². The topological polar surface area (TPSA) is 101 Å². The largest absolute Gasteiger partial charge is 0.465 e. The minimum absolute atomic E-state index is 0.0114. The summed E-state index contributed by atoms with van der Waals surface area (Å²) in [6, 6.07) is 3.44. The van der Waals surface area contributed by atoms with Crippen molar-refractivity contribution in [3.8, 4) is 0 Å². The van der Waals surface area contributed by atoms with E-state index in [0.717, 1.165) is 14.9 Å². The lowest BCUT2D eigenvalue weighted by Crippen LogP contribution is -2.36. The van der Waals surface area contributed by atoms with Gasteiger partial charge in [0.15, 0.2) is 0 Å². The van der Waals surface area contributed by atoms with Gasteiger partial charge in [-0.25, -0.2) is 9.78 Å². The predicted molar refractivity (Wildman–Crippen MR) is 112 cm³/mol. The van der Waals surface area contributed by atoms with E-state index in [1.165, 1.54) is 18.4 Å². The smallest absolute Gasteiger partial charge is 0.341 e. The van der Waals surface area contributed by atoms with E-state index in [9.17, 15) is 14.4 Å². The van der Waals surface area contributed by atoms with Gasteiger partial charge in [0.25, 0.3) is 0 Å². The highest BCUT2D eigenvalue weighted by atomic mass is 79.9. The molecule has 0 saturated heterocycles. The van der Waals surface area contributed by atoms with Gasteiger partial charge >= 0.3 is 5.97 Å². The standard InChI is InChI=1S/C18H21BrN4O4S/c1-10-11(2)28-17(16(10)18(26)27-4)22-15(25)9-23(3)8-14(24)21-13-6-5-12(19)7-20-13/h5-7H,8-9H2,1-4H3,(H,22,25)(H,20,21,24). The molecule has 150 valence electrons. The molecule has 2 rings (SSSR count). The number of esters is 1. The second-order valence-electron chi connectivity index (χ2n) is 6.11. The quantitative estimate of drug-likeness (QED) is 0.605. The molecular weight excluding hydrogens is 448 g/mol. The van der Waals surface area contributed by atoms with E-state index in [0.29, 0.717) is 16.4 Å². The molecule has 10 heteroatoms. The van der Waals surface area contributed by atoms with Crippen LogP contribution >= 0.6 is 27.3 Å². The van der Waals surface area contributed by atoms with Gasteiger partial charge in [-0.05, 0) is 54.5 Å². The van der Waals surface area contributed by atoms with Crippen LogP contribution < -0.4 is 10.6 Å². The van der Waals surface area contributed by atoms with Gasteiger partial charge in [0, 0.05) is 15.5 Å². The summed E-state index contributed by atoms with van der Waals surface area (Å²) in [5, 5.41) is 5.85. The number of thiophene rings is 1. The molecule has 0 spiro atoms. The summed E-state index contributed by atoms with van der Waals surface area (Å²) in [6.45, 7) is 3.67. The van der Waals surface area contributed by atoms with Crippen molar-refractivity contribution in [2.24, 2.45) is 0 Å². The van der Waals surface area contributed by atoms with E-state index in [-0.39, 0.29) is 24.9 Å². The molecule has 8 nitrogen and oxygen atoms in total. The normalized spacial score (nSPS) is 10.6. The molecule has 2 heterocycles. The van der Waals surface area contributed by atoms with Crippen molar-refractivity contribution in [3.63, 3.8) is 0 Å². The Balaban J connectivity index is 1.92. The van der Waals surface area contributed by atoms with Crippen molar-refractivity contribution >= 4 is 55.9 Å². The summed E-state index contributed by atoms with van der Waals surface area (Å²) in [7, 11) is 2.95. The van der Waals surface area contributed by atoms with Gasteiger partial charge in [0.05, 0.1) is 25.8 Å². The number of nitrogens with zero attached hydrogens (tertiary/aromatic N) is 2. The number of anilines is 2. The fraction of sp³-hybridized carbons (Fsp3) is 0.333. The maximum absolute atomic E-state index is 12.3. The van der Waals surface area contributed by atoms with Crippen molar-refractivity contribution < 1.29 is 19.1 Å². The fourth-order valence-corrected chi connectivity index (χ4v) is 3.71. The Labute approximate surface area is 175 Å². The lowest BCUT2D eigenvalue weighted by atomic mass is 10.1. The summed E-state index contributed by atoms with van der Waals surface area (Å²) in [5.74, 6) is -0.683. The van der Waals surface area contributed by atoms with Crippen LogP contribution in [0.2, 0.25) is 0 Å². The Hall–Kier alpha value is -2.30. The number of carbonyl (C=O) groups excluding carboxylic acids is 3. The van der Waals surface area contributed by atoms with Gasteiger partial charge in [-0.1, -0.05) is 0 Å². The van der Waals surface area contributed by atoms with Crippen LogP contribution in [-0.2, 0) is 14.3 Å². The molecule has 0 atom stereocenters. The molecule has 0 unspecified atom stereocenters. The summed E-state index contributed by atoms with van der Waals surface area (Å²) < 4.78 is 5.60. The zero-order chi connectivity index (χ0) is 20.8. The maximum Gasteiger partial charge on any atom is 0.341 e. The minimum Gasteiger partial charge on any atom is -0.465 e. The van der Waals surface area contributed by atoms with Crippen molar-refractivity contribution in [3.05, 3.63) is 38.8 Å². The summed E-state index contributed by atoms with van der Waals surface area (Å²) in [4.78, 5) is 42.9. The lowest BCUT2D eigenvalue weighted by Gasteiger charge is -2.15. The van der Waals surface area contributed by atoms with Gasteiger partial charge < -0.3 is 15.4 Å². The number of halogens is 1. The minimum atomic E-state index is -0.494. The number of rotatable bonds is 7. The molecule has 0 fully saturated rings. The van der Waals surface area contributed by atoms with Crippen LogP contribution in [0.25, 0.3) is 0 Å². The van der Waals surface area contributed by atoms with Gasteiger partial charge in [-0.15, -0.1) is 11.3 Å². The SMILES string of the molecule is COC(=O)c1c(NC(=O)CN(C)CC(=O)Nc2ccc(Br)cn2)sc(C)c1C. The van der Waals surface area contributed by atoms with Crippen LogP contribution in [0, 0.1) is 13.8 Å². The Morgan fingerprint density at radius 1 is 1.18 bits per heavy atom. The Bertz CT molecular complexity index is 882. The molecule has 2 amide bonds. The number of amides is 2. The van der Waals surface area contributed by atoms with Crippen molar-refractivity contribution in [1.82, 2.24) is 9.88 Å². The molecule has 28 heavy (non-hydrogen) atoms. The summed E-state index contributed by atoms with van der Waals surface area (Å²) in [5.41, 5.74) is 1.14. The highest BCUT2D eigenvalue weighted by Gasteiger charge is 2.22. The fourth-order valence-electron chi connectivity index (χ4n) is 2.41. The van der Waals surface area contributed by atoms with E-state index in [2.05, 4.69) is 31.5 Å². The first-order valence-electron chi connectivity index (χ1n) is 8.29. The molecule has 0 aliphatic carbocycles. The zero-order valence-electron chi connectivity index (χ0n) is 16.0. The zero-order valence-corrected chi connectivity index (χ0v) is 18.4.